The van der Waals surface area contributed by atoms with E-state index in [9.17, 15) is 9.18 Å². The van der Waals surface area contributed by atoms with Gasteiger partial charge in [-0.15, -0.1) is 12.4 Å². The number of rotatable bonds is 11. The fourth-order valence-corrected chi connectivity index (χ4v) is 4.27. The van der Waals surface area contributed by atoms with E-state index in [2.05, 4.69) is 30.7 Å². The number of carbonyl (C=O) groups excluding carboxylic acids is 1. The molecule has 0 bridgehead atoms. The number of thiazole rings is 1. The first kappa shape index (κ1) is 26.0. The Hall–Kier alpha value is -2.22. The molecule has 0 fully saturated rings. The molecule has 8 heteroatoms. The molecule has 0 saturated carbocycles. The molecule has 0 spiro atoms. The molecule has 3 rings (SSSR count). The Bertz CT molecular complexity index is 993. The molecule has 174 valence electrons. The molecule has 0 N–H and O–H groups in total. The molecule has 0 saturated heterocycles. The van der Waals surface area contributed by atoms with Crippen LogP contribution in [0, 0.1) is 5.82 Å². The minimum absolute atomic E-state index is 0. The van der Waals surface area contributed by atoms with Gasteiger partial charge >= 0.3 is 0 Å². The van der Waals surface area contributed by atoms with Crippen LogP contribution in [0.3, 0.4) is 0 Å². The van der Waals surface area contributed by atoms with Crippen LogP contribution < -0.4 is 9.64 Å². The smallest absolute Gasteiger partial charge is 0.260 e. The van der Waals surface area contributed by atoms with E-state index in [0.29, 0.717) is 29.4 Å². The number of likely N-dealkylation sites (N-methyl/N-ethyl adjacent to an activating group) is 1. The summed E-state index contributed by atoms with van der Waals surface area (Å²) in [6.07, 6.45) is 2.07. The topological polar surface area (TPSA) is 45.7 Å². The Kier molecular flexibility index (Phi) is 10.4. The van der Waals surface area contributed by atoms with Crippen LogP contribution in [0.15, 0.2) is 42.5 Å². The Morgan fingerprint density at radius 3 is 2.44 bits per heavy atom. The van der Waals surface area contributed by atoms with Crippen molar-refractivity contribution in [2.24, 2.45) is 0 Å². The second kappa shape index (κ2) is 12.7. The van der Waals surface area contributed by atoms with Gasteiger partial charge in [0.1, 0.15) is 11.6 Å². The van der Waals surface area contributed by atoms with E-state index in [1.54, 1.807) is 23.1 Å². The SMILES string of the molecule is CCCCOc1ccc(C(=O)N(CCN(CC)CC)c2nc3ccc(F)cc3s2)cc1.Cl. The van der Waals surface area contributed by atoms with Crippen molar-refractivity contribution in [3.63, 3.8) is 0 Å². The molecule has 1 heterocycles. The highest BCUT2D eigenvalue weighted by molar-refractivity contribution is 7.22. The number of ether oxygens (including phenoxy) is 1. The predicted molar refractivity (Wildman–Crippen MR) is 133 cm³/mol. The quantitative estimate of drug-likeness (QED) is 0.315. The largest absolute Gasteiger partial charge is 0.494 e. The van der Waals surface area contributed by atoms with Crippen molar-refractivity contribution in [1.82, 2.24) is 9.88 Å². The Morgan fingerprint density at radius 2 is 1.78 bits per heavy atom. The van der Waals surface area contributed by atoms with E-state index < -0.39 is 0 Å². The normalized spacial score (nSPS) is 10.9. The van der Waals surface area contributed by atoms with Gasteiger partial charge in [-0.2, -0.15) is 0 Å². The molecule has 0 radical (unpaired) electrons. The monoisotopic (exact) mass is 479 g/mol. The Morgan fingerprint density at radius 1 is 1.06 bits per heavy atom. The number of hydrogen-bond acceptors (Lipinski definition) is 5. The third-order valence-electron chi connectivity index (χ3n) is 5.22. The van der Waals surface area contributed by atoms with E-state index in [4.69, 9.17) is 4.74 Å². The number of unbranched alkanes of at least 4 members (excludes halogenated alkanes) is 1. The average molecular weight is 480 g/mol. The zero-order valence-electron chi connectivity index (χ0n) is 18.8. The summed E-state index contributed by atoms with van der Waals surface area (Å²) in [6.45, 7) is 10.1. The predicted octanol–water partition coefficient (Wildman–Crippen LogP) is 6.02. The lowest BCUT2D eigenvalue weighted by atomic mass is 10.2. The van der Waals surface area contributed by atoms with Gasteiger partial charge in [0.15, 0.2) is 5.13 Å². The molecule has 32 heavy (non-hydrogen) atoms. The van der Waals surface area contributed by atoms with Crippen molar-refractivity contribution in [2.75, 3.05) is 37.7 Å². The summed E-state index contributed by atoms with van der Waals surface area (Å²) in [5.41, 5.74) is 1.27. The molecule has 2 aromatic carbocycles. The zero-order valence-corrected chi connectivity index (χ0v) is 20.5. The van der Waals surface area contributed by atoms with Gasteiger partial charge in [0, 0.05) is 18.7 Å². The molecule has 0 aliphatic heterocycles. The summed E-state index contributed by atoms with van der Waals surface area (Å²) >= 11 is 1.34. The molecule has 0 unspecified atom stereocenters. The first-order valence-electron chi connectivity index (χ1n) is 10.9. The highest BCUT2D eigenvalue weighted by atomic mass is 35.5. The lowest BCUT2D eigenvalue weighted by Gasteiger charge is -2.24. The van der Waals surface area contributed by atoms with Crippen LogP contribution in [0.2, 0.25) is 0 Å². The first-order valence-corrected chi connectivity index (χ1v) is 11.7. The third-order valence-corrected chi connectivity index (χ3v) is 6.26. The number of amides is 1. The Labute approximate surface area is 199 Å². The van der Waals surface area contributed by atoms with E-state index in [-0.39, 0.29) is 24.1 Å². The molecule has 0 aliphatic carbocycles. The maximum atomic E-state index is 13.6. The van der Waals surface area contributed by atoms with Crippen LogP contribution in [-0.4, -0.2) is 48.6 Å². The molecule has 0 aliphatic rings. The van der Waals surface area contributed by atoms with Crippen molar-refractivity contribution < 1.29 is 13.9 Å². The number of nitrogens with zero attached hydrogens (tertiary/aromatic N) is 3. The number of aromatic nitrogens is 1. The van der Waals surface area contributed by atoms with Crippen LogP contribution in [0.4, 0.5) is 9.52 Å². The fourth-order valence-electron chi connectivity index (χ4n) is 3.25. The van der Waals surface area contributed by atoms with E-state index in [1.807, 2.05) is 12.1 Å². The lowest BCUT2D eigenvalue weighted by molar-refractivity contribution is 0.0983. The molecule has 1 amide bonds. The van der Waals surface area contributed by atoms with Gasteiger partial charge in [-0.05, 0) is 62.0 Å². The maximum absolute atomic E-state index is 13.6. The van der Waals surface area contributed by atoms with Crippen molar-refractivity contribution in [3.8, 4) is 5.75 Å². The standard InChI is InChI=1S/C24H30FN3O2S.ClH/c1-4-7-16-30-20-11-8-18(9-12-20)23(29)28(15-14-27(5-2)6-3)24-26-21-13-10-19(25)17-22(21)31-24;/h8-13,17H,4-7,14-16H2,1-3H3;1H. The van der Waals surface area contributed by atoms with Crippen molar-refractivity contribution >= 4 is 45.0 Å². The highest BCUT2D eigenvalue weighted by Gasteiger charge is 2.22. The van der Waals surface area contributed by atoms with Gasteiger partial charge < -0.3 is 9.64 Å². The number of hydrogen-bond donors (Lipinski definition) is 0. The van der Waals surface area contributed by atoms with Crippen LogP contribution >= 0.6 is 23.7 Å². The lowest BCUT2D eigenvalue weighted by Crippen LogP contribution is -2.38. The molecule has 1 aromatic heterocycles. The van der Waals surface area contributed by atoms with E-state index in [1.165, 1.54) is 23.5 Å². The highest BCUT2D eigenvalue weighted by Crippen LogP contribution is 2.30. The minimum atomic E-state index is -0.303. The summed E-state index contributed by atoms with van der Waals surface area (Å²) in [5.74, 6) is 0.337. The van der Waals surface area contributed by atoms with E-state index in [0.717, 1.165) is 42.9 Å². The summed E-state index contributed by atoms with van der Waals surface area (Å²) in [7, 11) is 0. The second-order valence-electron chi connectivity index (χ2n) is 7.32. The molecule has 5 nitrogen and oxygen atoms in total. The summed E-state index contributed by atoms with van der Waals surface area (Å²) in [5, 5.41) is 0.584. The maximum Gasteiger partial charge on any atom is 0.260 e. The summed E-state index contributed by atoms with van der Waals surface area (Å²) < 4.78 is 20.1. The van der Waals surface area contributed by atoms with Crippen molar-refractivity contribution in [3.05, 3.63) is 53.8 Å². The van der Waals surface area contributed by atoms with Crippen LogP contribution in [0.1, 0.15) is 44.0 Å². The summed E-state index contributed by atoms with van der Waals surface area (Å²) in [6, 6.07) is 11.8. The van der Waals surface area contributed by atoms with Gasteiger partial charge in [-0.25, -0.2) is 9.37 Å². The van der Waals surface area contributed by atoms with Crippen molar-refractivity contribution in [1.29, 1.82) is 0 Å². The summed E-state index contributed by atoms with van der Waals surface area (Å²) in [4.78, 5) is 22.0. The van der Waals surface area contributed by atoms with Gasteiger partial charge in [-0.1, -0.05) is 38.5 Å². The van der Waals surface area contributed by atoms with Crippen LogP contribution in [0.25, 0.3) is 10.2 Å². The number of halogens is 2. The van der Waals surface area contributed by atoms with Gasteiger partial charge in [0.25, 0.3) is 5.91 Å². The van der Waals surface area contributed by atoms with Gasteiger partial charge in [0.2, 0.25) is 0 Å². The number of carbonyl (C=O) groups is 1. The van der Waals surface area contributed by atoms with Crippen molar-refractivity contribution in [2.45, 2.75) is 33.6 Å². The third kappa shape index (κ3) is 6.64. The molecular formula is C24H31ClFN3O2S. The van der Waals surface area contributed by atoms with E-state index >= 15 is 0 Å². The zero-order chi connectivity index (χ0) is 22.2. The fraction of sp³-hybridized carbons (Fsp3) is 0.417. The molecule has 3 aromatic rings. The van der Waals surface area contributed by atoms with Gasteiger partial charge in [-0.3, -0.25) is 9.69 Å². The Balaban J connectivity index is 0.00000363. The number of anilines is 1. The number of benzene rings is 2. The molecular weight excluding hydrogens is 449 g/mol. The van der Waals surface area contributed by atoms with Crippen LogP contribution in [-0.2, 0) is 0 Å². The first-order chi connectivity index (χ1) is 15.0. The number of fused-ring (bicyclic) bond motifs is 1. The second-order valence-corrected chi connectivity index (χ2v) is 8.33. The van der Waals surface area contributed by atoms with Gasteiger partial charge in [0.05, 0.1) is 16.8 Å². The van der Waals surface area contributed by atoms with Crippen LogP contribution in [0.5, 0.6) is 5.75 Å². The molecule has 0 atom stereocenters. The minimum Gasteiger partial charge on any atom is -0.494 e. The average Bonchev–Trinajstić information content (AvgIpc) is 3.20.